The van der Waals surface area contributed by atoms with Crippen molar-refractivity contribution >= 4 is 17.3 Å². The lowest BCUT2D eigenvalue weighted by molar-refractivity contribution is 0.849. The van der Waals surface area contributed by atoms with E-state index in [1.54, 1.807) is 0 Å². The Morgan fingerprint density at radius 1 is 1.10 bits per heavy atom. The maximum Gasteiger partial charge on any atom is 0.0753 e. The summed E-state index contributed by atoms with van der Waals surface area (Å²) in [6.07, 6.45) is 0.636. The number of nitriles is 1. The monoisotopic (exact) mass is 284 g/mol. The molecule has 0 aliphatic rings. The molecule has 0 fully saturated rings. The summed E-state index contributed by atoms with van der Waals surface area (Å²) < 4.78 is 0. The van der Waals surface area contributed by atoms with Crippen molar-refractivity contribution in [1.82, 2.24) is 0 Å². The summed E-state index contributed by atoms with van der Waals surface area (Å²) in [6.45, 7) is 0. The van der Waals surface area contributed by atoms with Crippen molar-refractivity contribution in [2.24, 2.45) is 0 Å². The molecule has 0 radical (unpaired) electrons. The molecule has 0 saturated carbocycles. The van der Waals surface area contributed by atoms with Gasteiger partial charge in [0.25, 0.3) is 0 Å². The van der Waals surface area contributed by atoms with Gasteiger partial charge in [0.2, 0.25) is 0 Å². The SMILES string of the molecule is CN(C)c1ccc(C(C#N)Cc2ccccc2Cl)cc1. The van der Waals surface area contributed by atoms with Crippen LogP contribution in [0.3, 0.4) is 0 Å². The molecule has 0 aliphatic heterocycles. The first-order valence-electron chi connectivity index (χ1n) is 6.52. The van der Waals surface area contributed by atoms with E-state index in [4.69, 9.17) is 11.6 Å². The quantitative estimate of drug-likeness (QED) is 0.839. The van der Waals surface area contributed by atoms with Crippen molar-refractivity contribution in [2.75, 3.05) is 19.0 Å². The summed E-state index contributed by atoms with van der Waals surface area (Å²) in [7, 11) is 4.00. The lowest BCUT2D eigenvalue weighted by atomic mass is 9.93. The Balaban J connectivity index is 2.21. The molecule has 2 rings (SSSR count). The van der Waals surface area contributed by atoms with Crippen LogP contribution in [0.2, 0.25) is 5.02 Å². The zero-order chi connectivity index (χ0) is 14.5. The van der Waals surface area contributed by atoms with Crippen LogP contribution < -0.4 is 4.90 Å². The molecule has 2 aromatic carbocycles. The topological polar surface area (TPSA) is 27.0 Å². The molecule has 0 bridgehead atoms. The minimum atomic E-state index is -0.175. The summed E-state index contributed by atoms with van der Waals surface area (Å²) in [5, 5.41) is 10.1. The fourth-order valence-electron chi connectivity index (χ4n) is 2.13. The van der Waals surface area contributed by atoms with Crippen molar-refractivity contribution in [2.45, 2.75) is 12.3 Å². The van der Waals surface area contributed by atoms with E-state index in [1.807, 2.05) is 67.5 Å². The van der Waals surface area contributed by atoms with Gasteiger partial charge >= 0.3 is 0 Å². The minimum absolute atomic E-state index is 0.175. The van der Waals surface area contributed by atoms with Gasteiger partial charge in [-0.1, -0.05) is 41.9 Å². The molecule has 0 spiro atoms. The predicted molar refractivity (Wildman–Crippen MR) is 84.3 cm³/mol. The van der Waals surface area contributed by atoms with Gasteiger partial charge in [0.15, 0.2) is 0 Å². The third-order valence-corrected chi connectivity index (χ3v) is 3.72. The van der Waals surface area contributed by atoms with Crippen LogP contribution in [0.1, 0.15) is 17.0 Å². The normalized spacial score (nSPS) is 11.7. The second-order valence-corrected chi connectivity index (χ2v) is 5.37. The minimum Gasteiger partial charge on any atom is -0.378 e. The second kappa shape index (κ2) is 6.45. The standard InChI is InChI=1S/C17H17ClN2/c1-20(2)16-9-7-13(8-10-16)15(12-19)11-14-5-3-4-6-17(14)18/h3-10,15H,11H2,1-2H3. The summed E-state index contributed by atoms with van der Waals surface area (Å²) in [4.78, 5) is 2.04. The molecule has 0 heterocycles. The summed E-state index contributed by atoms with van der Waals surface area (Å²) in [5.41, 5.74) is 3.17. The number of rotatable bonds is 4. The molecule has 1 unspecified atom stereocenters. The molecule has 1 atom stereocenters. The Bertz CT molecular complexity index is 612. The van der Waals surface area contributed by atoms with Gasteiger partial charge < -0.3 is 4.90 Å². The fourth-order valence-corrected chi connectivity index (χ4v) is 2.34. The van der Waals surface area contributed by atoms with Crippen LogP contribution in [-0.2, 0) is 6.42 Å². The van der Waals surface area contributed by atoms with Crippen molar-refractivity contribution in [3.63, 3.8) is 0 Å². The highest BCUT2D eigenvalue weighted by Gasteiger charge is 2.13. The molecule has 102 valence electrons. The van der Waals surface area contributed by atoms with Gasteiger partial charge in [-0.05, 0) is 35.7 Å². The summed E-state index contributed by atoms with van der Waals surface area (Å²) in [5.74, 6) is -0.175. The van der Waals surface area contributed by atoms with E-state index in [9.17, 15) is 5.26 Å². The van der Waals surface area contributed by atoms with E-state index in [0.29, 0.717) is 6.42 Å². The van der Waals surface area contributed by atoms with Crippen LogP contribution in [0.15, 0.2) is 48.5 Å². The Kier molecular flexibility index (Phi) is 4.65. The fraction of sp³-hybridized carbons (Fsp3) is 0.235. The predicted octanol–water partition coefficient (Wildman–Crippen LogP) is 4.26. The Labute approximate surface area is 125 Å². The maximum absolute atomic E-state index is 9.41. The van der Waals surface area contributed by atoms with Gasteiger partial charge in [-0.25, -0.2) is 0 Å². The average molecular weight is 285 g/mol. The first kappa shape index (κ1) is 14.4. The van der Waals surface area contributed by atoms with Gasteiger partial charge in [0.05, 0.1) is 12.0 Å². The van der Waals surface area contributed by atoms with Crippen molar-refractivity contribution in [1.29, 1.82) is 5.26 Å². The molecule has 0 saturated heterocycles. The van der Waals surface area contributed by atoms with Gasteiger partial charge in [0.1, 0.15) is 0 Å². The van der Waals surface area contributed by atoms with Crippen molar-refractivity contribution in [3.05, 3.63) is 64.7 Å². The van der Waals surface area contributed by atoms with E-state index >= 15 is 0 Å². The van der Waals surface area contributed by atoms with Crippen LogP contribution in [0.5, 0.6) is 0 Å². The Hall–Kier alpha value is -1.98. The number of benzene rings is 2. The third kappa shape index (κ3) is 3.31. The largest absolute Gasteiger partial charge is 0.378 e. The highest BCUT2D eigenvalue weighted by molar-refractivity contribution is 6.31. The van der Waals surface area contributed by atoms with E-state index in [-0.39, 0.29) is 5.92 Å². The van der Waals surface area contributed by atoms with Gasteiger partial charge in [0, 0.05) is 24.8 Å². The highest BCUT2D eigenvalue weighted by atomic mass is 35.5. The number of hydrogen-bond donors (Lipinski definition) is 0. The zero-order valence-corrected chi connectivity index (χ0v) is 12.4. The molecular formula is C17H17ClN2. The zero-order valence-electron chi connectivity index (χ0n) is 11.7. The van der Waals surface area contributed by atoms with Gasteiger partial charge in [-0.2, -0.15) is 5.26 Å². The van der Waals surface area contributed by atoms with Crippen LogP contribution >= 0.6 is 11.6 Å². The summed E-state index contributed by atoms with van der Waals surface area (Å²) in [6, 6.07) is 18.2. The van der Waals surface area contributed by atoms with Crippen LogP contribution in [0.4, 0.5) is 5.69 Å². The Morgan fingerprint density at radius 2 is 1.75 bits per heavy atom. The molecule has 0 N–H and O–H groups in total. The smallest absolute Gasteiger partial charge is 0.0753 e. The number of hydrogen-bond acceptors (Lipinski definition) is 2. The number of nitrogens with zero attached hydrogens (tertiary/aromatic N) is 2. The lowest BCUT2D eigenvalue weighted by Gasteiger charge is -2.15. The van der Waals surface area contributed by atoms with E-state index in [2.05, 4.69) is 6.07 Å². The second-order valence-electron chi connectivity index (χ2n) is 4.96. The highest BCUT2D eigenvalue weighted by Crippen LogP contribution is 2.26. The van der Waals surface area contributed by atoms with Crippen molar-refractivity contribution in [3.8, 4) is 6.07 Å². The summed E-state index contributed by atoms with van der Waals surface area (Å²) >= 11 is 6.16. The molecular weight excluding hydrogens is 268 g/mol. The molecule has 2 nitrogen and oxygen atoms in total. The average Bonchev–Trinajstić information content (AvgIpc) is 2.46. The molecule has 0 amide bonds. The molecule has 2 aromatic rings. The third-order valence-electron chi connectivity index (χ3n) is 3.35. The maximum atomic E-state index is 9.41. The molecule has 20 heavy (non-hydrogen) atoms. The molecule has 0 aliphatic carbocycles. The van der Waals surface area contributed by atoms with Gasteiger partial charge in [-0.3, -0.25) is 0 Å². The first-order chi connectivity index (χ1) is 9.61. The van der Waals surface area contributed by atoms with Crippen molar-refractivity contribution < 1.29 is 0 Å². The van der Waals surface area contributed by atoms with Gasteiger partial charge in [-0.15, -0.1) is 0 Å². The molecule has 3 heteroatoms. The van der Waals surface area contributed by atoms with Crippen LogP contribution in [0.25, 0.3) is 0 Å². The Morgan fingerprint density at radius 3 is 2.30 bits per heavy atom. The van der Waals surface area contributed by atoms with E-state index in [0.717, 1.165) is 21.8 Å². The number of anilines is 1. The first-order valence-corrected chi connectivity index (χ1v) is 6.90. The lowest BCUT2D eigenvalue weighted by Crippen LogP contribution is -2.08. The number of halogens is 1. The van der Waals surface area contributed by atoms with E-state index < -0.39 is 0 Å². The van der Waals surface area contributed by atoms with Crippen LogP contribution in [0, 0.1) is 11.3 Å². The molecule has 0 aromatic heterocycles. The van der Waals surface area contributed by atoms with Crippen LogP contribution in [-0.4, -0.2) is 14.1 Å². The van der Waals surface area contributed by atoms with E-state index in [1.165, 1.54) is 0 Å².